The van der Waals surface area contributed by atoms with Crippen LogP contribution in [0.1, 0.15) is 5.69 Å². The monoisotopic (exact) mass is 236 g/mol. The van der Waals surface area contributed by atoms with Crippen molar-refractivity contribution in [3.63, 3.8) is 0 Å². The molecule has 2 aromatic rings. The summed E-state index contributed by atoms with van der Waals surface area (Å²) in [6, 6.07) is 5.87. The number of nitrogen functional groups attached to an aromatic ring is 1. The largest absolute Gasteiger partial charge is 0.492 e. The Labute approximate surface area is 98.0 Å². The summed E-state index contributed by atoms with van der Waals surface area (Å²) in [6.45, 7) is 2.82. The molecule has 0 radical (unpaired) electrons. The van der Waals surface area contributed by atoms with Crippen LogP contribution in [-0.4, -0.2) is 21.6 Å². The van der Waals surface area contributed by atoms with Gasteiger partial charge in [-0.2, -0.15) is 0 Å². The second-order valence-electron chi connectivity index (χ2n) is 3.59. The molecule has 1 heterocycles. The van der Waals surface area contributed by atoms with E-state index in [2.05, 4.69) is 10.3 Å². The van der Waals surface area contributed by atoms with Crippen LogP contribution in [0.2, 0.25) is 0 Å². The van der Waals surface area contributed by atoms with Crippen LogP contribution in [0.4, 0.5) is 10.2 Å². The van der Waals surface area contributed by atoms with Gasteiger partial charge < -0.3 is 10.5 Å². The normalized spacial score (nSPS) is 10.5. The van der Waals surface area contributed by atoms with Crippen molar-refractivity contribution >= 4 is 5.82 Å². The summed E-state index contributed by atoms with van der Waals surface area (Å²) >= 11 is 0. The van der Waals surface area contributed by atoms with Gasteiger partial charge in [0.05, 0.1) is 12.2 Å². The van der Waals surface area contributed by atoms with Gasteiger partial charge in [0.2, 0.25) is 0 Å². The lowest BCUT2D eigenvalue weighted by Gasteiger charge is -2.06. The number of rotatable bonds is 4. The minimum atomic E-state index is -0.280. The Kier molecular flexibility index (Phi) is 3.22. The predicted molar refractivity (Wildman–Crippen MR) is 61.1 cm³/mol. The van der Waals surface area contributed by atoms with E-state index in [1.165, 1.54) is 12.1 Å². The second-order valence-corrected chi connectivity index (χ2v) is 3.59. The number of halogens is 1. The summed E-state index contributed by atoms with van der Waals surface area (Å²) in [7, 11) is 0. The first-order valence-corrected chi connectivity index (χ1v) is 5.21. The van der Waals surface area contributed by atoms with Crippen molar-refractivity contribution < 1.29 is 9.13 Å². The van der Waals surface area contributed by atoms with Crippen molar-refractivity contribution in [3.8, 4) is 5.75 Å². The highest BCUT2D eigenvalue weighted by Crippen LogP contribution is 2.11. The van der Waals surface area contributed by atoms with Gasteiger partial charge >= 0.3 is 0 Å². The molecule has 0 saturated carbocycles. The molecule has 0 aliphatic heterocycles. The van der Waals surface area contributed by atoms with Gasteiger partial charge in [-0.05, 0) is 31.2 Å². The number of hydrogen-bond acceptors (Lipinski definition) is 4. The molecule has 5 nitrogen and oxygen atoms in total. The molecule has 0 fully saturated rings. The maximum Gasteiger partial charge on any atom is 0.168 e. The SMILES string of the molecule is Cc1c(N)nnn1CCOc1ccc(F)cc1. The Balaban J connectivity index is 1.87. The van der Waals surface area contributed by atoms with Crippen molar-refractivity contribution in [2.75, 3.05) is 12.3 Å². The van der Waals surface area contributed by atoms with Crippen molar-refractivity contribution in [1.82, 2.24) is 15.0 Å². The average Bonchev–Trinajstić information content (AvgIpc) is 2.64. The number of nitrogens with two attached hydrogens (primary N) is 1. The van der Waals surface area contributed by atoms with Gasteiger partial charge in [0.1, 0.15) is 18.2 Å². The highest BCUT2D eigenvalue weighted by Gasteiger charge is 2.04. The maximum absolute atomic E-state index is 12.6. The molecule has 0 spiro atoms. The molecule has 17 heavy (non-hydrogen) atoms. The minimum absolute atomic E-state index is 0.280. The number of ether oxygens (including phenoxy) is 1. The summed E-state index contributed by atoms with van der Waals surface area (Å²) in [5.41, 5.74) is 6.38. The van der Waals surface area contributed by atoms with Gasteiger partial charge in [0, 0.05) is 0 Å². The van der Waals surface area contributed by atoms with E-state index >= 15 is 0 Å². The number of nitrogens with zero attached hydrogens (tertiary/aromatic N) is 3. The Morgan fingerprint density at radius 1 is 1.35 bits per heavy atom. The first kappa shape index (κ1) is 11.4. The fraction of sp³-hybridized carbons (Fsp3) is 0.273. The van der Waals surface area contributed by atoms with Gasteiger partial charge in [-0.25, -0.2) is 9.07 Å². The lowest BCUT2D eigenvalue weighted by molar-refractivity contribution is 0.288. The van der Waals surface area contributed by atoms with E-state index in [1.54, 1.807) is 16.8 Å². The maximum atomic E-state index is 12.6. The van der Waals surface area contributed by atoms with E-state index in [-0.39, 0.29) is 5.82 Å². The minimum Gasteiger partial charge on any atom is -0.492 e. The molecular weight excluding hydrogens is 223 g/mol. The van der Waals surface area contributed by atoms with E-state index in [1.807, 2.05) is 6.92 Å². The molecule has 1 aromatic heterocycles. The molecule has 0 bridgehead atoms. The molecule has 0 aliphatic rings. The summed E-state index contributed by atoms with van der Waals surface area (Å²) in [4.78, 5) is 0. The second kappa shape index (κ2) is 4.82. The summed E-state index contributed by atoms with van der Waals surface area (Å²) in [5, 5.41) is 7.60. The predicted octanol–water partition coefficient (Wildman–Crippen LogP) is 1.39. The van der Waals surface area contributed by atoms with Gasteiger partial charge in [0.15, 0.2) is 5.82 Å². The molecule has 0 unspecified atom stereocenters. The van der Waals surface area contributed by atoms with Gasteiger partial charge in [-0.3, -0.25) is 0 Å². The fourth-order valence-electron chi connectivity index (χ4n) is 1.37. The lowest BCUT2D eigenvalue weighted by Crippen LogP contribution is -2.11. The zero-order valence-electron chi connectivity index (χ0n) is 9.43. The highest BCUT2D eigenvalue weighted by molar-refractivity contribution is 5.31. The molecule has 2 rings (SSSR count). The number of hydrogen-bond donors (Lipinski definition) is 1. The topological polar surface area (TPSA) is 66.0 Å². The molecule has 6 heteroatoms. The van der Waals surface area contributed by atoms with Gasteiger partial charge in [-0.15, -0.1) is 5.10 Å². The van der Waals surface area contributed by atoms with Crippen molar-refractivity contribution in [2.24, 2.45) is 0 Å². The van der Waals surface area contributed by atoms with Crippen LogP contribution in [-0.2, 0) is 6.54 Å². The van der Waals surface area contributed by atoms with Crippen LogP contribution in [0.25, 0.3) is 0 Å². The first-order chi connectivity index (χ1) is 8.16. The van der Waals surface area contributed by atoms with Gasteiger partial charge in [0.25, 0.3) is 0 Å². The molecule has 1 aromatic carbocycles. The Morgan fingerprint density at radius 3 is 2.65 bits per heavy atom. The van der Waals surface area contributed by atoms with Crippen LogP contribution in [0.3, 0.4) is 0 Å². The van der Waals surface area contributed by atoms with E-state index in [9.17, 15) is 4.39 Å². The fourth-order valence-corrected chi connectivity index (χ4v) is 1.37. The summed E-state index contributed by atoms with van der Waals surface area (Å²) in [5.74, 6) is 0.765. The van der Waals surface area contributed by atoms with Crippen LogP contribution < -0.4 is 10.5 Å². The van der Waals surface area contributed by atoms with Crippen LogP contribution in [0.15, 0.2) is 24.3 Å². The first-order valence-electron chi connectivity index (χ1n) is 5.21. The third kappa shape index (κ3) is 2.72. The zero-order valence-corrected chi connectivity index (χ0v) is 9.43. The standard InChI is InChI=1S/C11H13FN4O/c1-8-11(13)14-15-16(8)6-7-17-10-4-2-9(12)3-5-10/h2-5H,6-7,13H2,1H3. The molecule has 0 amide bonds. The lowest BCUT2D eigenvalue weighted by atomic mass is 10.3. The average molecular weight is 236 g/mol. The molecule has 0 saturated heterocycles. The zero-order chi connectivity index (χ0) is 12.3. The summed E-state index contributed by atoms with van der Waals surface area (Å²) in [6.07, 6.45) is 0. The van der Waals surface area contributed by atoms with E-state index in [0.29, 0.717) is 24.7 Å². The van der Waals surface area contributed by atoms with Crippen molar-refractivity contribution in [1.29, 1.82) is 0 Å². The van der Waals surface area contributed by atoms with Gasteiger partial charge in [-0.1, -0.05) is 5.21 Å². The highest BCUT2D eigenvalue weighted by atomic mass is 19.1. The third-order valence-corrected chi connectivity index (χ3v) is 2.40. The number of benzene rings is 1. The smallest absolute Gasteiger partial charge is 0.168 e. The third-order valence-electron chi connectivity index (χ3n) is 2.40. The number of aromatic nitrogens is 3. The molecule has 0 atom stereocenters. The number of anilines is 1. The van der Waals surface area contributed by atoms with Crippen LogP contribution >= 0.6 is 0 Å². The molecule has 0 aliphatic carbocycles. The molecule has 2 N–H and O–H groups in total. The van der Waals surface area contributed by atoms with Crippen LogP contribution in [0.5, 0.6) is 5.75 Å². The van der Waals surface area contributed by atoms with Crippen molar-refractivity contribution in [2.45, 2.75) is 13.5 Å². The van der Waals surface area contributed by atoms with Crippen LogP contribution in [0, 0.1) is 12.7 Å². The molecular formula is C11H13FN4O. The Morgan fingerprint density at radius 2 is 2.06 bits per heavy atom. The molecule has 90 valence electrons. The Bertz CT molecular complexity index is 495. The summed E-state index contributed by atoms with van der Waals surface area (Å²) < 4.78 is 19.7. The van der Waals surface area contributed by atoms with E-state index < -0.39 is 0 Å². The van der Waals surface area contributed by atoms with E-state index in [0.717, 1.165) is 5.69 Å². The van der Waals surface area contributed by atoms with E-state index in [4.69, 9.17) is 10.5 Å². The Hall–Kier alpha value is -2.11. The van der Waals surface area contributed by atoms with Crippen molar-refractivity contribution in [3.05, 3.63) is 35.8 Å². The quantitative estimate of drug-likeness (QED) is 0.871.